The SMILES string of the molecule is CCCCC[C@@H](CC)COC(C)(C)C. The summed E-state index contributed by atoms with van der Waals surface area (Å²) in [4.78, 5) is 0. The molecular weight excluding hydrogens is 172 g/mol. The van der Waals surface area contributed by atoms with Crippen LogP contribution in [-0.4, -0.2) is 12.2 Å². The summed E-state index contributed by atoms with van der Waals surface area (Å²) in [6.45, 7) is 11.8. The Kier molecular flexibility index (Phi) is 7.26. The molecule has 1 nitrogen and oxygen atoms in total. The van der Waals surface area contributed by atoms with Gasteiger partial charge in [-0.3, -0.25) is 0 Å². The van der Waals surface area contributed by atoms with Gasteiger partial charge in [0, 0.05) is 0 Å². The lowest BCUT2D eigenvalue weighted by Crippen LogP contribution is -2.23. The van der Waals surface area contributed by atoms with E-state index in [1.165, 1.54) is 32.1 Å². The third-order valence-corrected chi connectivity index (χ3v) is 2.55. The minimum atomic E-state index is 0.0260. The number of hydrogen-bond donors (Lipinski definition) is 0. The van der Waals surface area contributed by atoms with Crippen LogP contribution < -0.4 is 0 Å². The van der Waals surface area contributed by atoms with Crippen LogP contribution in [0.2, 0.25) is 0 Å². The quantitative estimate of drug-likeness (QED) is 0.553. The van der Waals surface area contributed by atoms with E-state index in [4.69, 9.17) is 4.74 Å². The molecule has 86 valence electrons. The van der Waals surface area contributed by atoms with E-state index < -0.39 is 0 Å². The highest BCUT2D eigenvalue weighted by Gasteiger charge is 2.13. The Hall–Kier alpha value is -0.0400. The zero-order valence-corrected chi connectivity index (χ0v) is 10.7. The van der Waals surface area contributed by atoms with Crippen LogP contribution in [0.25, 0.3) is 0 Å². The van der Waals surface area contributed by atoms with Crippen molar-refractivity contribution >= 4 is 0 Å². The van der Waals surface area contributed by atoms with Crippen molar-refractivity contribution in [1.29, 1.82) is 0 Å². The Bertz CT molecular complexity index is 124. The summed E-state index contributed by atoms with van der Waals surface area (Å²) in [5, 5.41) is 0. The van der Waals surface area contributed by atoms with E-state index in [1.807, 2.05) is 0 Å². The van der Waals surface area contributed by atoms with Crippen molar-refractivity contribution in [2.75, 3.05) is 6.61 Å². The van der Waals surface area contributed by atoms with Crippen LogP contribution in [0.1, 0.15) is 66.7 Å². The fourth-order valence-corrected chi connectivity index (χ4v) is 1.46. The molecule has 1 atom stereocenters. The first kappa shape index (κ1) is 14.0. The van der Waals surface area contributed by atoms with Gasteiger partial charge in [0.25, 0.3) is 0 Å². The highest BCUT2D eigenvalue weighted by molar-refractivity contribution is 4.63. The van der Waals surface area contributed by atoms with E-state index in [9.17, 15) is 0 Å². The van der Waals surface area contributed by atoms with E-state index in [1.54, 1.807) is 0 Å². The largest absolute Gasteiger partial charge is 0.376 e. The van der Waals surface area contributed by atoms with Crippen LogP contribution in [0.4, 0.5) is 0 Å². The lowest BCUT2D eigenvalue weighted by atomic mass is 9.99. The Morgan fingerprint density at radius 2 is 1.71 bits per heavy atom. The van der Waals surface area contributed by atoms with E-state index in [2.05, 4.69) is 34.6 Å². The molecule has 0 aromatic rings. The van der Waals surface area contributed by atoms with Crippen molar-refractivity contribution in [2.45, 2.75) is 72.3 Å². The standard InChI is InChI=1S/C13H28O/c1-6-8-9-10-12(7-2)11-14-13(3,4)5/h12H,6-11H2,1-5H3/t12-/m1/s1. The van der Waals surface area contributed by atoms with Crippen molar-refractivity contribution < 1.29 is 4.74 Å². The second kappa shape index (κ2) is 7.28. The van der Waals surface area contributed by atoms with Crippen molar-refractivity contribution in [3.63, 3.8) is 0 Å². The monoisotopic (exact) mass is 200 g/mol. The van der Waals surface area contributed by atoms with Crippen LogP contribution >= 0.6 is 0 Å². The molecule has 0 amide bonds. The normalized spacial score (nSPS) is 14.4. The third kappa shape index (κ3) is 8.55. The van der Waals surface area contributed by atoms with Gasteiger partial charge in [-0.15, -0.1) is 0 Å². The zero-order chi connectivity index (χ0) is 11.0. The Morgan fingerprint density at radius 3 is 2.14 bits per heavy atom. The van der Waals surface area contributed by atoms with E-state index in [0.717, 1.165) is 12.5 Å². The van der Waals surface area contributed by atoms with Gasteiger partial charge < -0.3 is 4.74 Å². The lowest BCUT2D eigenvalue weighted by Gasteiger charge is -2.23. The molecule has 0 radical (unpaired) electrons. The van der Waals surface area contributed by atoms with Gasteiger partial charge in [0.15, 0.2) is 0 Å². The lowest BCUT2D eigenvalue weighted by molar-refractivity contribution is -0.0243. The first-order chi connectivity index (χ1) is 6.49. The summed E-state index contributed by atoms with van der Waals surface area (Å²) in [6, 6.07) is 0. The topological polar surface area (TPSA) is 9.23 Å². The molecule has 0 heterocycles. The van der Waals surface area contributed by atoms with Crippen LogP contribution in [0, 0.1) is 5.92 Å². The van der Waals surface area contributed by atoms with Gasteiger partial charge in [-0.2, -0.15) is 0 Å². The molecule has 0 aromatic carbocycles. The van der Waals surface area contributed by atoms with Crippen LogP contribution in [-0.2, 0) is 4.74 Å². The maximum absolute atomic E-state index is 5.81. The van der Waals surface area contributed by atoms with Gasteiger partial charge in [-0.25, -0.2) is 0 Å². The summed E-state index contributed by atoms with van der Waals surface area (Å²) in [5.74, 6) is 0.765. The van der Waals surface area contributed by atoms with Crippen molar-refractivity contribution in [3.05, 3.63) is 0 Å². The molecule has 0 saturated carbocycles. The van der Waals surface area contributed by atoms with Gasteiger partial charge in [0.1, 0.15) is 0 Å². The summed E-state index contributed by atoms with van der Waals surface area (Å²) >= 11 is 0. The smallest absolute Gasteiger partial charge is 0.0598 e. The van der Waals surface area contributed by atoms with Gasteiger partial charge in [-0.1, -0.05) is 39.5 Å². The average Bonchev–Trinajstić information content (AvgIpc) is 2.09. The average molecular weight is 200 g/mol. The summed E-state index contributed by atoms with van der Waals surface area (Å²) in [7, 11) is 0. The van der Waals surface area contributed by atoms with E-state index >= 15 is 0 Å². The molecule has 0 aromatic heterocycles. The molecule has 0 unspecified atom stereocenters. The molecule has 0 aliphatic heterocycles. The van der Waals surface area contributed by atoms with Crippen LogP contribution in [0.15, 0.2) is 0 Å². The molecule has 0 aliphatic carbocycles. The first-order valence-electron chi connectivity index (χ1n) is 6.13. The predicted octanol–water partition coefficient (Wildman–Crippen LogP) is 4.41. The van der Waals surface area contributed by atoms with E-state index in [-0.39, 0.29) is 5.60 Å². The highest BCUT2D eigenvalue weighted by atomic mass is 16.5. The minimum absolute atomic E-state index is 0.0260. The molecule has 0 fully saturated rings. The molecule has 0 spiro atoms. The number of rotatable bonds is 7. The molecule has 0 rings (SSSR count). The first-order valence-corrected chi connectivity index (χ1v) is 6.13. The molecule has 0 saturated heterocycles. The molecule has 0 aliphatic rings. The highest BCUT2D eigenvalue weighted by Crippen LogP contribution is 2.17. The molecule has 1 heteroatoms. The third-order valence-electron chi connectivity index (χ3n) is 2.55. The predicted molar refractivity (Wildman–Crippen MR) is 63.6 cm³/mol. The molecule has 0 N–H and O–H groups in total. The van der Waals surface area contributed by atoms with Crippen molar-refractivity contribution in [1.82, 2.24) is 0 Å². The van der Waals surface area contributed by atoms with Crippen molar-refractivity contribution in [3.8, 4) is 0 Å². The number of ether oxygens (including phenoxy) is 1. The molecular formula is C13H28O. The van der Waals surface area contributed by atoms with Gasteiger partial charge in [-0.05, 0) is 33.1 Å². The number of unbranched alkanes of at least 4 members (excludes halogenated alkanes) is 2. The Balaban J connectivity index is 3.58. The Morgan fingerprint density at radius 1 is 1.07 bits per heavy atom. The fraction of sp³-hybridized carbons (Fsp3) is 1.00. The summed E-state index contributed by atoms with van der Waals surface area (Å²) in [6.07, 6.45) is 6.63. The molecule has 0 bridgehead atoms. The second-order valence-electron chi connectivity index (χ2n) is 5.19. The van der Waals surface area contributed by atoms with Crippen LogP contribution in [0.3, 0.4) is 0 Å². The fourth-order valence-electron chi connectivity index (χ4n) is 1.46. The maximum Gasteiger partial charge on any atom is 0.0598 e. The maximum atomic E-state index is 5.81. The van der Waals surface area contributed by atoms with Crippen molar-refractivity contribution in [2.24, 2.45) is 5.92 Å². The number of hydrogen-bond acceptors (Lipinski definition) is 1. The minimum Gasteiger partial charge on any atom is -0.376 e. The summed E-state index contributed by atoms with van der Waals surface area (Å²) in [5.41, 5.74) is 0.0260. The zero-order valence-electron chi connectivity index (χ0n) is 10.7. The second-order valence-corrected chi connectivity index (χ2v) is 5.19. The summed E-state index contributed by atoms with van der Waals surface area (Å²) < 4.78 is 5.81. The van der Waals surface area contributed by atoms with Crippen LogP contribution in [0.5, 0.6) is 0 Å². The Labute approximate surface area is 90.2 Å². The van der Waals surface area contributed by atoms with E-state index in [0.29, 0.717) is 0 Å². The van der Waals surface area contributed by atoms with Gasteiger partial charge in [0.05, 0.1) is 12.2 Å². The van der Waals surface area contributed by atoms with Gasteiger partial charge in [0.2, 0.25) is 0 Å². The molecule has 14 heavy (non-hydrogen) atoms. The van der Waals surface area contributed by atoms with Gasteiger partial charge >= 0.3 is 0 Å².